The van der Waals surface area contributed by atoms with Crippen LogP contribution in [0.3, 0.4) is 0 Å². The summed E-state index contributed by atoms with van der Waals surface area (Å²) in [4.78, 5) is 9.58. The molecule has 12 heteroatoms. The van der Waals surface area contributed by atoms with E-state index in [1.54, 1.807) is 72.9 Å². The van der Waals surface area contributed by atoms with Crippen molar-refractivity contribution >= 4 is 48.7 Å². The summed E-state index contributed by atoms with van der Waals surface area (Å²) in [7, 11) is -6.52. The fraction of sp³-hybridized carbons (Fsp3) is 0.115. The van der Waals surface area contributed by atoms with Crippen LogP contribution in [0.25, 0.3) is 11.1 Å². The number of hydrogen-bond acceptors (Lipinski definition) is 8. The van der Waals surface area contributed by atoms with Gasteiger partial charge in [-0.15, -0.1) is 0 Å². The Kier molecular flexibility index (Phi) is 7.97. The summed E-state index contributed by atoms with van der Waals surface area (Å²) in [6.07, 6.45) is 1.63. The molecule has 3 aromatic carbocycles. The number of aliphatic hydroxyl groups excluding tert-OH is 1. The van der Waals surface area contributed by atoms with Gasteiger partial charge >= 0.3 is 0 Å². The van der Waals surface area contributed by atoms with Gasteiger partial charge in [-0.2, -0.15) is 4.98 Å². The van der Waals surface area contributed by atoms with Gasteiger partial charge in [0.25, 0.3) is 10.0 Å². The highest BCUT2D eigenvalue weighted by molar-refractivity contribution is 7.98. The molecule has 0 saturated carbocycles. The topological polar surface area (TPSA) is 159 Å². The Morgan fingerprint density at radius 3 is 2.16 bits per heavy atom. The number of benzene rings is 3. The fourth-order valence-corrected chi connectivity index (χ4v) is 5.15. The van der Waals surface area contributed by atoms with Crippen LogP contribution in [0.5, 0.6) is 0 Å². The third kappa shape index (κ3) is 6.66. The summed E-state index contributed by atoms with van der Waals surface area (Å²) in [5.74, 6) is 4.24. The van der Waals surface area contributed by atoms with Crippen LogP contribution in [0.4, 0.5) is 23.1 Å². The van der Waals surface area contributed by atoms with E-state index in [9.17, 15) is 17.7 Å². The van der Waals surface area contributed by atoms with Crippen molar-refractivity contribution in [1.82, 2.24) is 9.97 Å². The number of nitrogens with one attached hydrogen (secondary N) is 3. The van der Waals surface area contributed by atoms with Crippen LogP contribution in [-0.2, 0) is 19.7 Å². The minimum atomic E-state index is -3.71. The second-order valence-corrected chi connectivity index (χ2v) is 12.2. The van der Waals surface area contributed by atoms with Crippen LogP contribution < -0.4 is 20.5 Å². The predicted molar refractivity (Wildman–Crippen MR) is 152 cm³/mol. The smallest absolute Gasteiger partial charge is 0.261 e. The molecule has 0 aliphatic rings. The molecule has 0 amide bonds. The number of rotatable bonds is 10. The van der Waals surface area contributed by atoms with Crippen molar-refractivity contribution in [2.24, 2.45) is 5.14 Å². The van der Waals surface area contributed by atoms with Gasteiger partial charge in [0.2, 0.25) is 5.95 Å². The largest absolute Gasteiger partial charge is 0.394 e. The molecule has 1 heterocycles. The average Bonchev–Trinajstić information content (AvgIpc) is 2.89. The first-order valence-corrected chi connectivity index (χ1v) is 14.8. The number of aromatic nitrogens is 2. The molecule has 0 aliphatic carbocycles. The zero-order valence-corrected chi connectivity index (χ0v) is 22.2. The summed E-state index contributed by atoms with van der Waals surface area (Å²) in [5.41, 5.74) is 2.46. The molecule has 10 nitrogen and oxygen atoms in total. The van der Waals surface area contributed by atoms with Gasteiger partial charge < -0.3 is 15.7 Å². The van der Waals surface area contributed by atoms with E-state index in [1.165, 1.54) is 12.1 Å². The summed E-state index contributed by atoms with van der Waals surface area (Å²) < 4.78 is 39.7. The molecule has 0 fully saturated rings. The lowest BCUT2D eigenvalue weighted by Crippen LogP contribution is -2.21. The maximum atomic E-state index is 12.6. The molecule has 2 atom stereocenters. The molecule has 0 aliphatic heterocycles. The number of nitrogens with zero attached hydrogens (tertiary/aromatic N) is 2. The monoisotopic (exact) mass is 552 g/mol. The van der Waals surface area contributed by atoms with Crippen molar-refractivity contribution in [1.29, 1.82) is 0 Å². The normalized spacial score (nSPS) is 13.8. The Morgan fingerprint density at radius 2 is 1.55 bits per heavy atom. The van der Waals surface area contributed by atoms with Crippen LogP contribution in [0.2, 0.25) is 0 Å². The van der Waals surface area contributed by atoms with Crippen molar-refractivity contribution in [3.8, 4) is 11.1 Å². The van der Waals surface area contributed by atoms with E-state index in [1.807, 2.05) is 6.92 Å². The Morgan fingerprint density at radius 1 is 0.921 bits per heavy atom. The van der Waals surface area contributed by atoms with E-state index >= 15 is 0 Å². The van der Waals surface area contributed by atoms with Crippen molar-refractivity contribution in [3.05, 3.63) is 85.1 Å². The lowest BCUT2D eigenvalue weighted by Gasteiger charge is -2.17. The van der Waals surface area contributed by atoms with E-state index in [2.05, 4.69) is 31.2 Å². The molecule has 198 valence electrons. The van der Waals surface area contributed by atoms with Gasteiger partial charge in [-0.1, -0.05) is 30.3 Å². The first-order valence-electron chi connectivity index (χ1n) is 11.5. The number of hydrogen-bond donors (Lipinski definition) is 5. The van der Waals surface area contributed by atoms with E-state index in [0.29, 0.717) is 33.6 Å². The van der Waals surface area contributed by atoms with Crippen molar-refractivity contribution < 1.29 is 17.7 Å². The zero-order valence-electron chi connectivity index (χ0n) is 20.5. The second-order valence-electron chi connectivity index (χ2n) is 8.56. The quantitative estimate of drug-likeness (QED) is 0.187. The number of anilines is 4. The molecule has 0 saturated heterocycles. The van der Waals surface area contributed by atoms with Gasteiger partial charge in [0.1, 0.15) is 5.82 Å². The summed E-state index contributed by atoms with van der Waals surface area (Å²) in [6, 6.07) is 21.3. The molecule has 1 aromatic heterocycles. The third-order valence-electron chi connectivity index (χ3n) is 5.46. The molecule has 0 radical (unpaired) electrons. The van der Waals surface area contributed by atoms with Crippen LogP contribution in [0, 0.1) is 0 Å². The molecule has 6 N–H and O–H groups in total. The predicted octanol–water partition coefficient (Wildman–Crippen LogP) is 3.43. The SMILES string of the molecule is C=S(N)(=O)c1ccc(Nc2ncc(-c3ccc(NS(=O)(=O)c4ccccc4)cc3)c(N[C@H](C)CO)n2)cc1. The summed E-state index contributed by atoms with van der Waals surface area (Å²) in [5, 5.41) is 21.4. The Bertz CT molecular complexity index is 1610. The van der Waals surface area contributed by atoms with E-state index < -0.39 is 19.7 Å². The van der Waals surface area contributed by atoms with Gasteiger partial charge in [0.15, 0.2) is 0 Å². The van der Waals surface area contributed by atoms with Crippen LogP contribution in [0.1, 0.15) is 6.92 Å². The number of nitrogens with two attached hydrogens (primary N) is 1. The molecule has 1 unspecified atom stereocenters. The van der Waals surface area contributed by atoms with Crippen molar-refractivity contribution in [2.45, 2.75) is 22.8 Å². The number of aliphatic hydroxyl groups is 1. The van der Waals surface area contributed by atoms with E-state index in [-0.39, 0.29) is 17.5 Å². The zero-order chi connectivity index (χ0) is 27.3. The molecule has 0 bridgehead atoms. The summed E-state index contributed by atoms with van der Waals surface area (Å²) >= 11 is 0. The first-order chi connectivity index (χ1) is 18.0. The van der Waals surface area contributed by atoms with Crippen LogP contribution >= 0.6 is 0 Å². The molecule has 4 aromatic rings. The maximum absolute atomic E-state index is 12.6. The third-order valence-corrected chi connectivity index (χ3v) is 7.92. The van der Waals surface area contributed by atoms with E-state index in [4.69, 9.17) is 5.14 Å². The minimum absolute atomic E-state index is 0.114. The van der Waals surface area contributed by atoms with Gasteiger partial charge in [-0.25, -0.2) is 17.6 Å². The summed E-state index contributed by atoms with van der Waals surface area (Å²) in [6.45, 7) is 1.69. The molecule has 4 rings (SSSR count). The Labute approximate surface area is 222 Å². The first kappa shape index (κ1) is 27.1. The van der Waals surface area contributed by atoms with Gasteiger partial charge in [0, 0.05) is 34.1 Å². The standard InChI is InChI=1S/C26H28N6O4S2/c1-18(17-33)29-25-24(16-28-26(31-25)30-20-12-14-22(15-13-20)37(2,27)34)19-8-10-21(11-9-19)32-38(35,36)23-6-4-3-5-7-23/h3-16,18,32-33H,2,17H2,1H3,(H2,27,34)(H2,28,29,30,31)/t18-,37?/m1/s1. The minimum Gasteiger partial charge on any atom is -0.394 e. The Balaban J connectivity index is 1.58. The second kappa shape index (κ2) is 11.2. The van der Waals surface area contributed by atoms with Gasteiger partial charge in [-0.3, -0.25) is 9.86 Å². The fourth-order valence-electron chi connectivity index (χ4n) is 3.47. The molecular formula is C26H28N6O4S2. The Hall–Kier alpha value is -3.97. The van der Waals surface area contributed by atoms with Crippen molar-refractivity contribution in [2.75, 3.05) is 22.0 Å². The average molecular weight is 553 g/mol. The van der Waals surface area contributed by atoms with Crippen LogP contribution in [0.15, 0.2) is 94.9 Å². The molecule has 0 spiro atoms. The van der Waals surface area contributed by atoms with Crippen LogP contribution in [-0.4, -0.2) is 46.2 Å². The highest BCUT2D eigenvalue weighted by Gasteiger charge is 2.15. The van der Waals surface area contributed by atoms with E-state index in [0.717, 1.165) is 5.56 Å². The van der Waals surface area contributed by atoms with Gasteiger partial charge in [-0.05, 0) is 66.9 Å². The van der Waals surface area contributed by atoms with Gasteiger partial charge in [0.05, 0.1) is 21.2 Å². The number of sulfonamides is 1. The van der Waals surface area contributed by atoms with Crippen molar-refractivity contribution in [3.63, 3.8) is 0 Å². The lowest BCUT2D eigenvalue weighted by molar-refractivity contribution is 0.281. The highest BCUT2D eigenvalue weighted by atomic mass is 32.2. The lowest BCUT2D eigenvalue weighted by atomic mass is 10.1. The molecule has 38 heavy (non-hydrogen) atoms. The highest BCUT2D eigenvalue weighted by Crippen LogP contribution is 2.29. The maximum Gasteiger partial charge on any atom is 0.261 e. The molecular weight excluding hydrogens is 524 g/mol.